The smallest absolute Gasteiger partial charge is 0.337 e. The van der Waals surface area contributed by atoms with Crippen molar-refractivity contribution in [3.8, 4) is 0 Å². The van der Waals surface area contributed by atoms with Crippen LogP contribution in [0.1, 0.15) is 35.9 Å². The van der Waals surface area contributed by atoms with Crippen LogP contribution in [-0.2, 0) is 23.8 Å². The standard InChI is InChI=1S/C14H16O6/c1-9(15)19-8-13(20-10(2)16)11-4-6-12(7-5-11)14(17)18-3/h4-7,13H,8H2,1-3H3. The van der Waals surface area contributed by atoms with E-state index in [0.717, 1.165) is 0 Å². The topological polar surface area (TPSA) is 78.9 Å². The van der Waals surface area contributed by atoms with Crippen molar-refractivity contribution < 1.29 is 28.6 Å². The minimum absolute atomic E-state index is 0.0769. The highest BCUT2D eigenvalue weighted by atomic mass is 16.6. The van der Waals surface area contributed by atoms with E-state index in [-0.39, 0.29) is 6.61 Å². The van der Waals surface area contributed by atoms with E-state index in [1.165, 1.54) is 21.0 Å². The van der Waals surface area contributed by atoms with Crippen molar-refractivity contribution in [2.75, 3.05) is 13.7 Å². The van der Waals surface area contributed by atoms with E-state index in [9.17, 15) is 14.4 Å². The monoisotopic (exact) mass is 280 g/mol. The highest BCUT2D eigenvalue weighted by molar-refractivity contribution is 5.89. The molecule has 0 saturated carbocycles. The summed E-state index contributed by atoms with van der Waals surface area (Å²) < 4.78 is 14.5. The summed E-state index contributed by atoms with van der Waals surface area (Å²) in [6.07, 6.45) is -0.705. The zero-order valence-electron chi connectivity index (χ0n) is 11.5. The van der Waals surface area contributed by atoms with Gasteiger partial charge >= 0.3 is 17.9 Å². The first-order valence-electron chi connectivity index (χ1n) is 5.93. The normalized spacial score (nSPS) is 11.3. The fraction of sp³-hybridized carbons (Fsp3) is 0.357. The molecule has 1 aromatic rings. The summed E-state index contributed by atoms with van der Waals surface area (Å²) >= 11 is 0. The zero-order valence-corrected chi connectivity index (χ0v) is 11.5. The van der Waals surface area contributed by atoms with Gasteiger partial charge in [-0.1, -0.05) is 12.1 Å². The summed E-state index contributed by atoms with van der Waals surface area (Å²) in [6, 6.07) is 6.32. The Kier molecular flexibility index (Phi) is 5.71. The SMILES string of the molecule is COC(=O)c1ccc(C(COC(C)=O)OC(C)=O)cc1. The largest absolute Gasteiger partial charge is 0.465 e. The van der Waals surface area contributed by atoms with E-state index < -0.39 is 24.0 Å². The molecule has 0 saturated heterocycles. The van der Waals surface area contributed by atoms with Crippen molar-refractivity contribution in [3.63, 3.8) is 0 Å². The average Bonchev–Trinajstić information content (AvgIpc) is 2.42. The van der Waals surface area contributed by atoms with Gasteiger partial charge in [-0.05, 0) is 17.7 Å². The second-order valence-electron chi connectivity index (χ2n) is 4.01. The van der Waals surface area contributed by atoms with E-state index in [1.54, 1.807) is 24.3 Å². The molecule has 0 spiro atoms. The number of esters is 3. The molecule has 0 N–H and O–H groups in total. The molecular formula is C14H16O6. The molecule has 1 rings (SSSR count). The third-order valence-corrected chi connectivity index (χ3v) is 2.45. The third kappa shape index (κ3) is 4.72. The lowest BCUT2D eigenvalue weighted by Gasteiger charge is -2.17. The van der Waals surface area contributed by atoms with Crippen LogP contribution in [0.5, 0.6) is 0 Å². The molecule has 20 heavy (non-hydrogen) atoms. The van der Waals surface area contributed by atoms with Gasteiger partial charge in [-0.15, -0.1) is 0 Å². The van der Waals surface area contributed by atoms with Crippen LogP contribution in [0.15, 0.2) is 24.3 Å². The molecule has 0 radical (unpaired) electrons. The molecule has 0 aliphatic heterocycles. The molecule has 1 atom stereocenters. The van der Waals surface area contributed by atoms with Gasteiger partial charge < -0.3 is 14.2 Å². The predicted molar refractivity (Wildman–Crippen MR) is 68.9 cm³/mol. The summed E-state index contributed by atoms with van der Waals surface area (Å²) in [7, 11) is 1.29. The van der Waals surface area contributed by atoms with Gasteiger partial charge in [-0.3, -0.25) is 9.59 Å². The van der Waals surface area contributed by atoms with Crippen molar-refractivity contribution in [1.29, 1.82) is 0 Å². The molecule has 0 aliphatic carbocycles. The maximum absolute atomic E-state index is 11.3. The lowest BCUT2D eigenvalue weighted by atomic mass is 10.1. The Labute approximate surface area is 116 Å². The summed E-state index contributed by atoms with van der Waals surface area (Å²) in [5.41, 5.74) is 0.999. The van der Waals surface area contributed by atoms with Gasteiger partial charge in [-0.25, -0.2) is 4.79 Å². The van der Waals surface area contributed by atoms with Crippen LogP contribution >= 0.6 is 0 Å². The van der Waals surface area contributed by atoms with E-state index in [1.807, 2.05) is 0 Å². The number of benzene rings is 1. The van der Waals surface area contributed by atoms with Crippen LogP contribution in [0.4, 0.5) is 0 Å². The number of methoxy groups -OCH3 is 1. The quantitative estimate of drug-likeness (QED) is 0.602. The lowest BCUT2D eigenvalue weighted by Crippen LogP contribution is -2.16. The summed E-state index contributed by atoms with van der Waals surface area (Å²) in [5.74, 6) is -1.41. The number of hydrogen-bond acceptors (Lipinski definition) is 6. The molecule has 0 amide bonds. The van der Waals surface area contributed by atoms with Gasteiger partial charge in [0.1, 0.15) is 6.61 Å². The molecule has 108 valence electrons. The van der Waals surface area contributed by atoms with Crippen LogP contribution < -0.4 is 0 Å². The molecule has 0 aromatic heterocycles. The van der Waals surface area contributed by atoms with Crippen molar-refractivity contribution >= 4 is 17.9 Å². The Morgan fingerprint density at radius 2 is 1.65 bits per heavy atom. The second kappa shape index (κ2) is 7.28. The van der Waals surface area contributed by atoms with Crippen molar-refractivity contribution in [3.05, 3.63) is 35.4 Å². The van der Waals surface area contributed by atoms with E-state index in [4.69, 9.17) is 9.47 Å². The van der Waals surface area contributed by atoms with Gasteiger partial charge in [0.15, 0.2) is 6.10 Å². The molecule has 0 bridgehead atoms. The van der Waals surface area contributed by atoms with Gasteiger partial charge in [-0.2, -0.15) is 0 Å². The highest BCUT2D eigenvalue weighted by Crippen LogP contribution is 2.19. The predicted octanol–water partition coefficient (Wildman–Crippen LogP) is 1.64. The number of ether oxygens (including phenoxy) is 3. The average molecular weight is 280 g/mol. The minimum Gasteiger partial charge on any atom is -0.465 e. The highest BCUT2D eigenvalue weighted by Gasteiger charge is 2.17. The Balaban J connectivity index is 2.86. The molecule has 6 heteroatoms. The van der Waals surface area contributed by atoms with Crippen LogP contribution in [0, 0.1) is 0 Å². The number of rotatable bonds is 5. The minimum atomic E-state index is -0.705. The first kappa shape index (κ1) is 15.7. The number of carbonyl (C=O) groups is 3. The Morgan fingerprint density at radius 3 is 2.10 bits per heavy atom. The Hall–Kier alpha value is -2.37. The molecule has 0 heterocycles. The van der Waals surface area contributed by atoms with E-state index in [2.05, 4.69) is 4.74 Å². The van der Waals surface area contributed by atoms with Crippen molar-refractivity contribution in [1.82, 2.24) is 0 Å². The first-order chi connectivity index (χ1) is 9.43. The van der Waals surface area contributed by atoms with Gasteiger partial charge in [0.2, 0.25) is 0 Å². The fourth-order valence-corrected chi connectivity index (χ4v) is 1.54. The lowest BCUT2D eigenvalue weighted by molar-refractivity contribution is -0.156. The van der Waals surface area contributed by atoms with Gasteiger partial charge in [0, 0.05) is 13.8 Å². The molecule has 0 fully saturated rings. The fourth-order valence-electron chi connectivity index (χ4n) is 1.54. The van der Waals surface area contributed by atoms with Crippen molar-refractivity contribution in [2.24, 2.45) is 0 Å². The number of hydrogen-bond donors (Lipinski definition) is 0. The summed E-state index contributed by atoms with van der Waals surface area (Å²) in [5, 5.41) is 0. The molecular weight excluding hydrogens is 264 g/mol. The van der Waals surface area contributed by atoms with E-state index >= 15 is 0 Å². The summed E-state index contributed by atoms with van der Waals surface area (Å²) in [4.78, 5) is 33.2. The molecule has 0 aliphatic rings. The first-order valence-corrected chi connectivity index (χ1v) is 5.93. The van der Waals surface area contributed by atoms with Gasteiger partial charge in [0.05, 0.1) is 12.7 Å². The van der Waals surface area contributed by atoms with E-state index in [0.29, 0.717) is 11.1 Å². The van der Waals surface area contributed by atoms with Crippen LogP contribution in [0.2, 0.25) is 0 Å². The molecule has 1 unspecified atom stereocenters. The molecule has 6 nitrogen and oxygen atoms in total. The maximum Gasteiger partial charge on any atom is 0.337 e. The molecule has 1 aromatic carbocycles. The summed E-state index contributed by atoms with van der Waals surface area (Å²) in [6.45, 7) is 2.46. The maximum atomic E-state index is 11.3. The van der Waals surface area contributed by atoms with Crippen LogP contribution in [-0.4, -0.2) is 31.6 Å². The van der Waals surface area contributed by atoms with Crippen LogP contribution in [0.3, 0.4) is 0 Å². The number of carbonyl (C=O) groups excluding carboxylic acids is 3. The Morgan fingerprint density at radius 1 is 1.05 bits per heavy atom. The Bertz CT molecular complexity index is 491. The second-order valence-corrected chi connectivity index (χ2v) is 4.01. The zero-order chi connectivity index (χ0) is 15.1. The van der Waals surface area contributed by atoms with Crippen LogP contribution in [0.25, 0.3) is 0 Å². The van der Waals surface area contributed by atoms with Crippen molar-refractivity contribution in [2.45, 2.75) is 20.0 Å². The third-order valence-electron chi connectivity index (χ3n) is 2.45. The van der Waals surface area contributed by atoms with Gasteiger partial charge in [0.25, 0.3) is 0 Å².